The van der Waals surface area contributed by atoms with Gasteiger partial charge in [0.2, 0.25) is 0 Å². The summed E-state index contributed by atoms with van der Waals surface area (Å²) in [6.07, 6.45) is 1.81. The lowest BCUT2D eigenvalue weighted by Crippen LogP contribution is -1.73. The fourth-order valence-electron chi connectivity index (χ4n) is 1.11. The van der Waals surface area contributed by atoms with Crippen LogP contribution < -0.4 is 0 Å². The van der Waals surface area contributed by atoms with Crippen molar-refractivity contribution in [3.8, 4) is 10.4 Å². The number of aromatic nitrogens is 1. The van der Waals surface area contributed by atoms with Crippen molar-refractivity contribution >= 4 is 11.3 Å². The lowest BCUT2D eigenvalue weighted by molar-refractivity contribution is 0.628. The van der Waals surface area contributed by atoms with E-state index >= 15 is 0 Å². The van der Waals surface area contributed by atoms with Gasteiger partial charge < -0.3 is 0 Å². The third-order valence-electron chi connectivity index (χ3n) is 1.75. The molecule has 0 N–H and O–H groups in total. The quantitative estimate of drug-likeness (QED) is 0.703. The maximum atomic E-state index is 12.6. The summed E-state index contributed by atoms with van der Waals surface area (Å²) in [4.78, 5) is 5.22. The highest BCUT2D eigenvalue weighted by Crippen LogP contribution is 2.25. The highest BCUT2D eigenvalue weighted by molar-refractivity contribution is 7.15. The first-order valence-electron chi connectivity index (χ1n) is 4.94. The maximum Gasteiger partial charge on any atom is 0.123 e. The van der Waals surface area contributed by atoms with Crippen LogP contribution in [0.3, 0.4) is 0 Å². The summed E-state index contributed by atoms with van der Waals surface area (Å²) in [5.41, 5.74) is 1.02. The van der Waals surface area contributed by atoms with Gasteiger partial charge in [0.1, 0.15) is 5.82 Å². The molecule has 1 nitrogen and oxygen atoms in total. The Morgan fingerprint density at radius 1 is 1.13 bits per heavy atom. The molecule has 0 saturated carbocycles. The Labute approximate surface area is 93.6 Å². The number of hydrogen-bond acceptors (Lipinski definition) is 2. The smallest absolute Gasteiger partial charge is 0.123 e. The lowest BCUT2D eigenvalue weighted by atomic mass is 10.2. The van der Waals surface area contributed by atoms with Crippen LogP contribution in [0.1, 0.15) is 18.9 Å². The second kappa shape index (κ2) is 5.61. The fourth-order valence-corrected chi connectivity index (χ4v) is 1.89. The summed E-state index contributed by atoms with van der Waals surface area (Å²) >= 11 is 1.61. The Morgan fingerprint density at radius 2 is 1.73 bits per heavy atom. The fraction of sp³-hybridized carbons (Fsp3) is 0.250. The predicted molar refractivity (Wildman–Crippen MR) is 63.6 cm³/mol. The Balaban J connectivity index is 0.000000531. The maximum absolute atomic E-state index is 12.6. The van der Waals surface area contributed by atoms with Gasteiger partial charge in [-0.1, -0.05) is 26.0 Å². The SMILES string of the molecule is CC.Cc1ncc(-c2ccc(F)cc2)s1. The van der Waals surface area contributed by atoms with E-state index in [1.165, 1.54) is 12.1 Å². The van der Waals surface area contributed by atoms with Crippen molar-refractivity contribution in [1.82, 2.24) is 4.98 Å². The summed E-state index contributed by atoms with van der Waals surface area (Å²) in [6, 6.07) is 6.46. The zero-order chi connectivity index (χ0) is 11.3. The number of aryl methyl sites for hydroxylation is 1. The first-order valence-corrected chi connectivity index (χ1v) is 5.76. The third-order valence-corrected chi connectivity index (χ3v) is 2.71. The van der Waals surface area contributed by atoms with E-state index < -0.39 is 0 Å². The zero-order valence-electron chi connectivity index (χ0n) is 9.12. The van der Waals surface area contributed by atoms with Gasteiger partial charge in [0, 0.05) is 6.20 Å². The minimum Gasteiger partial charge on any atom is -0.249 e. The molecular formula is C12H14FNS. The Bertz CT molecular complexity index is 406. The zero-order valence-corrected chi connectivity index (χ0v) is 9.94. The van der Waals surface area contributed by atoms with E-state index in [2.05, 4.69) is 4.98 Å². The number of benzene rings is 1. The van der Waals surface area contributed by atoms with Crippen LogP contribution in [0, 0.1) is 12.7 Å². The summed E-state index contributed by atoms with van der Waals surface area (Å²) in [7, 11) is 0. The number of rotatable bonds is 1. The molecule has 0 saturated heterocycles. The normalized spacial score (nSPS) is 9.33. The third kappa shape index (κ3) is 3.13. The van der Waals surface area contributed by atoms with E-state index in [4.69, 9.17) is 0 Å². The van der Waals surface area contributed by atoms with Crippen LogP contribution in [0.2, 0.25) is 0 Å². The molecule has 0 fully saturated rings. The van der Waals surface area contributed by atoms with Crippen LogP contribution in [0.25, 0.3) is 10.4 Å². The van der Waals surface area contributed by atoms with E-state index in [1.54, 1.807) is 23.5 Å². The number of hydrogen-bond donors (Lipinski definition) is 0. The van der Waals surface area contributed by atoms with E-state index in [1.807, 2.05) is 27.0 Å². The van der Waals surface area contributed by atoms with Gasteiger partial charge in [0.05, 0.1) is 9.88 Å². The first kappa shape index (κ1) is 11.9. The topological polar surface area (TPSA) is 12.9 Å². The van der Waals surface area contributed by atoms with Crippen LogP contribution in [-0.4, -0.2) is 4.98 Å². The van der Waals surface area contributed by atoms with Crippen molar-refractivity contribution < 1.29 is 4.39 Å². The average Bonchev–Trinajstić information content (AvgIpc) is 2.69. The van der Waals surface area contributed by atoms with Crippen LogP contribution in [-0.2, 0) is 0 Å². The van der Waals surface area contributed by atoms with Gasteiger partial charge in [0.15, 0.2) is 0 Å². The second-order valence-corrected chi connectivity index (χ2v) is 3.99. The molecule has 1 aromatic heterocycles. The highest BCUT2D eigenvalue weighted by atomic mass is 32.1. The van der Waals surface area contributed by atoms with Crippen molar-refractivity contribution in [2.75, 3.05) is 0 Å². The molecule has 0 aliphatic heterocycles. The van der Waals surface area contributed by atoms with E-state index in [-0.39, 0.29) is 5.82 Å². The van der Waals surface area contributed by atoms with Crippen molar-refractivity contribution in [3.05, 3.63) is 41.3 Å². The molecule has 0 spiro atoms. The number of nitrogens with zero attached hydrogens (tertiary/aromatic N) is 1. The summed E-state index contributed by atoms with van der Waals surface area (Å²) in [5, 5.41) is 1.03. The van der Waals surface area contributed by atoms with Crippen molar-refractivity contribution in [2.45, 2.75) is 20.8 Å². The van der Waals surface area contributed by atoms with E-state index in [0.717, 1.165) is 15.4 Å². The molecule has 0 unspecified atom stereocenters. The Hall–Kier alpha value is -1.22. The van der Waals surface area contributed by atoms with Crippen LogP contribution >= 0.6 is 11.3 Å². The molecule has 2 rings (SSSR count). The minimum absolute atomic E-state index is 0.204. The molecule has 0 radical (unpaired) electrons. The van der Waals surface area contributed by atoms with Crippen molar-refractivity contribution in [3.63, 3.8) is 0 Å². The minimum atomic E-state index is -0.204. The molecule has 1 aromatic carbocycles. The van der Waals surface area contributed by atoms with Gasteiger partial charge >= 0.3 is 0 Å². The molecule has 80 valence electrons. The molecule has 0 amide bonds. The first-order chi connectivity index (χ1) is 7.25. The van der Waals surface area contributed by atoms with Gasteiger partial charge in [-0.05, 0) is 24.6 Å². The molecule has 0 aliphatic rings. The highest BCUT2D eigenvalue weighted by Gasteiger charge is 2.00. The van der Waals surface area contributed by atoms with E-state index in [9.17, 15) is 4.39 Å². The lowest BCUT2D eigenvalue weighted by Gasteiger charge is -1.94. The second-order valence-electron chi connectivity index (χ2n) is 2.75. The van der Waals surface area contributed by atoms with Gasteiger partial charge in [-0.25, -0.2) is 9.37 Å². The monoisotopic (exact) mass is 223 g/mol. The molecule has 1 heterocycles. The standard InChI is InChI=1S/C10H8FNS.C2H6/c1-7-12-6-10(13-7)8-2-4-9(11)5-3-8;1-2/h2-6H,1H3;1-2H3. The summed E-state index contributed by atoms with van der Waals surface area (Å²) < 4.78 is 12.6. The molecule has 2 aromatic rings. The van der Waals surface area contributed by atoms with Gasteiger partial charge in [-0.3, -0.25) is 0 Å². The molecule has 0 atom stereocenters. The van der Waals surface area contributed by atoms with Crippen LogP contribution in [0.4, 0.5) is 4.39 Å². The van der Waals surface area contributed by atoms with Crippen LogP contribution in [0.5, 0.6) is 0 Å². The molecule has 15 heavy (non-hydrogen) atoms. The average molecular weight is 223 g/mol. The molecular weight excluding hydrogens is 209 g/mol. The van der Waals surface area contributed by atoms with Crippen LogP contribution in [0.15, 0.2) is 30.5 Å². The molecule has 0 aliphatic carbocycles. The predicted octanol–water partition coefficient (Wildman–Crippen LogP) is 4.28. The Morgan fingerprint density at radius 3 is 2.20 bits per heavy atom. The molecule has 3 heteroatoms. The number of halogens is 1. The van der Waals surface area contributed by atoms with E-state index in [0.29, 0.717) is 0 Å². The summed E-state index contributed by atoms with van der Waals surface area (Å²) in [6.45, 7) is 5.96. The van der Waals surface area contributed by atoms with Crippen molar-refractivity contribution in [1.29, 1.82) is 0 Å². The molecule has 0 bridgehead atoms. The van der Waals surface area contributed by atoms with Gasteiger partial charge in [-0.2, -0.15) is 0 Å². The summed E-state index contributed by atoms with van der Waals surface area (Å²) in [5.74, 6) is -0.204. The van der Waals surface area contributed by atoms with Crippen molar-refractivity contribution in [2.24, 2.45) is 0 Å². The van der Waals surface area contributed by atoms with Gasteiger partial charge in [0.25, 0.3) is 0 Å². The largest absolute Gasteiger partial charge is 0.249 e. The van der Waals surface area contributed by atoms with Gasteiger partial charge in [-0.15, -0.1) is 11.3 Å². The number of thiazole rings is 1. The Kier molecular flexibility index (Phi) is 4.43.